The molecule has 9 heteroatoms. The van der Waals surface area contributed by atoms with Crippen molar-refractivity contribution in [2.45, 2.75) is 6.18 Å². The molecule has 126 valence electrons. The number of ether oxygens (including phenoxy) is 1. The molecule has 1 aromatic carbocycles. The number of pyridine rings is 1. The summed E-state index contributed by atoms with van der Waals surface area (Å²) in [6, 6.07) is 6.91. The van der Waals surface area contributed by atoms with Gasteiger partial charge in [0.25, 0.3) is 5.91 Å². The van der Waals surface area contributed by atoms with Crippen LogP contribution in [0.3, 0.4) is 0 Å². The number of carbonyl (C=O) groups excluding carboxylic acids is 2. The van der Waals surface area contributed by atoms with Gasteiger partial charge in [-0.05, 0) is 30.3 Å². The molecule has 2 aromatic rings. The molecule has 0 saturated carbocycles. The minimum Gasteiger partial charge on any atom is -0.452 e. The van der Waals surface area contributed by atoms with E-state index in [1.54, 1.807) is 0 Å². The predicted molar refractivity (Wildman–Crippen MR) is 79.6 cm³/mol. The Bertz CT molecular complexity index is 766. The first kappa shape index (κ1) is 17.7. The Morgan fingerprint density at radius 2 is 1.96 bits per heavy atom. The summed E-state index contributed by atoms with van der Waals surface area (Å²) in [6.07, 6.45) is -3.15. The number of alkyl halides is 3. The van der Waals surface area contributed by atoms with Gasteiger partial charge in [0.15, 0.2) is 6.61 Å². The van der Waals surface area contributed by atoms with E-state index >= 15 is 0 Å². The van der Waals surface area contributed by atoms with E-state index in [-0.39, 0.29) is 16.4 Å². The summed E-state index contributed by atoms with van der Waals surface area (Å²) >= 11 is 5.71. The molecule has 2 rings (SSSR count). The van der Waals surface area contributed by atoms with Crippen molar-refractivity contribution >= 4 is 29.2 Å². The van der Waals surface area contributed by atoms with Crippen LogP contribution in [0.15, 0.2) is 42.6 Å². The van der Waals surface area contributed by atoms with Crippen LogP contribution in [0.4, 0.5) is 18.9 Å². The summed E-state index contributed by atoms with van der Waals surface area (Å²) in [6.45, 7) is -0.680. The molecule has 0 atom stereocenters. The Labute approximate surface area is 139 Å². The van der Waals surface area contributed by atoms with Crippen LogP contribution in [0.2, 0.25) is 5.15 Å². The van der Waals surface area contributed by atoms with Gasteiger partial charge in [0.05, 0.1) is 11.1 Å². The highest BCUT2D eigenvalue weighted by Crippen LogP contribution is 2.30. The van der Waals surface area contributed by atoms with Gasteiger partial charge in [-0.2, -0.15) is 13.2 Å². The summed E-state index contributed by atoms with van der Waals surface area (Å²) in [5.74, 6) is -1.66. The molecule has 1 amide bonds. The second-order valence-electron chi connectivity index (χ2n) is 4.54. The van der Waals surface area contributed by atoms with E-state index in [4.69, 9.17) is 16.3 Å². The van der Waals surface area contributed by atoms with Crippen LogP contribution >= 0.6 is 11.6 Å². The highest BCUT2D eigenvalue weighted by Gasteiger charge is 2.30. The maximum atomic E-state index is 12.6. The predicted octanol–water partition coefficient (Wildman–Crippen LogP) is 3.55. The largest absolute Gasteiger partial charge is 0.452 e. The van der Waals surface area contributed by atoms with Crippen molar-refractivity contribution in [1.82, 2.24) is 4.98 Å². The fourth-order valence-corrected chi connectivity index (χ4v) is 1.91. The molecule has 5 nitrogen and oxygen atoms in total. The van der Waals surface area contributed by atoms with Crippen LogP contribution in [-0.2, 0) is 15.7 Å². The highest BCUT2D eigenvalue weighted by atomic mass is 35.5. The van der Waals surface area contributed by atoms with Gasteiger partial charge >= 0.3 is 12.1 Å². The third kappa shape index (κ3) is 4.69. The second kappa shape index (κ2) is 7.31. The van der Waals surface area contributed by atoms with E-state index in [1.807, 2.05) is 0 Å². The van der Waals surface area contributed by atoms with Crippen LogP contribution in [0.25, 0.3) is 0 Å². The second-order valence-corrected chi connectivity index (χ2v) is 4.90. The Hall–Kier alpha value is -2.61. The summed E-state index contributed by atoms with van der Waals surface area (Å²) in [4.78, 5) is 27.1. The number of hydrogen-bond donors (Lipinski definition) is 1. The van der Waals surface area contributed by atoms with Gasteiger partial charge in [-0.25, -0.2) is 9.78 Å². The number of aromatic nitrogens is 1. The lowest BCUT2D eigenvalue weighted by atomic mass is 10.2. The number of esters is 1. The topological polar surface area (TPSA) is 68.3 Å². The standard InChI is InChI=1S/C15H10ClF3N2O3/c16-13-11(5-2-6-20-13)14(23)24-8-12(22)21-10-4-1-3-9(7-10)15(17,18)19/h1-7H,8H2,(H,21,22). The van der Waals surface area contributed by atoms with Gasteiger partial charge in [-0.15, -0.1) is 0 Å². The van der Waals surface area contributed by atoms with Gasteiger partial charge < -0.3 is 10.1 Å². The van der Waals surface area contributed by atoms with Gasteiger partial charge in [0.1, 0.15) is 5.15 Å². The van der Waals surface area contributed by atoms with Crippen LogP contribution in [0.5, 0.6) is 0 Å². The number of benzene rings is 1. The number of carbonyl (C=O) groups is 2. The highest BCUT2D eigenvalue weighted by molar-refractivity contribution is 6.32. The van der Waals surface area contributed by atoms with Gasteiger partial charge in [-0.3, -0.25) is 4.79 Å². The van der Waals surface area contributed by atoms with E-state index in [0.29, 0.717) is 0 Å². The van der Waals surface area contributed by atoms with E-state index in [2.05, 4.69) is 10.3 Å². The molecule has 0 radical (unpaired) electrons. The zero-order chi connectivity index (χ0) is 17.7. The molecule has 0 aliphatic rings. The number of nitrogens with one attached hydrogen (secondary N) is 1. The first-order valence-electron chi connectivity index (χ1n) is 6.52. The normalized spacial score (nSPS) is 11.0. The summed E-state index contributed by atoms with van der Waals surface area (Å²) in [5.41, 5.74) is -0.990. The molecule has 0 aliphatic carbocycles. The van der Waals surface area contributed by atoms with Crippen molar-refractivity contribution in [3.63, 3.8) is 0 Å². The van der Waals surface area contributed by atoms with Crippen molar-refractivity contribution in [2.24, 2.45) is 0 Å². The van der Waals surface area contributed by atoms with Gasteiger partial charge in [0, 0.05) is 11.9 Å². The molecule has 0 bridgehead atoms. The molecule has 0 spiro atoms. The van der Waals surface area contributed by atoms with Crippen molar-refractivity contribution in [3.8, 4) is 0 Å². The molecule has 1 aromatic heterocycles. The number of anilines is 1. The van der Waals surface area contributed by atoms with E-state index in [1.165, 1.54) is 24.4 Å². The first-order valence-corrected chi connectivity index (χ1v) is 6.90. The summed E-state index contributed by atoms with van der Waals surface area (Å²) in [7, 11) is 0. The SMILES string of the molecule is O=C(COC(=O)c1cccnc1Cl)Nc1cccc(C(F)(F)F)c1. The Balaban J connectivity index is 1.95. The van der Waals surface area contributed by atoms with Crippen molar-refractivity contribution in [2.75, 3.05) is 11.9 Å². The van der Waals surface area contributed by atoms with E-state index in [9.17, 15) is 22.8 Å². The zero-order valence-electron chi connectivity index (χ0n) is 11.9. The smallest absolute Gasteiger partial charge is 0.416 e. The van der Waals surface area contributed by atoms with E-state index in [0.717, 1.165) is 18.2 Å². The zero-order valence-corrected chi connectivity index (χ0v) is 12.7. The monoisotopic (exact) mass is 358 g/mol. The molecule has 0 saturated heterocycles. The fraction of sp³-hybridized carbons (Fsp3) is 0.133. The fourth-order valence-electron chi connectivity index (χ4n) is 1.72. The molecule has 0 unspecified atom stereocenters. The summed E-state index contributed by atoms with van der Waals surface area (Å²) < 4.78 is 42.5. The van der Waals surface area contributed by atoms with Crippen molar-refractivity contribution in [3.05, 3.63) is 58.9 Å². The van der Waals surface area contributed by atoms with Crippen LogP contribution in [0.1, 0.15) is 15.9 Å². The maximum absolute atomic E-state index is 12.6. The lowest BCUT2D eigenvalue weighted by molar-refractivity contribution is -0.137. The minimum absolute atomic E-state index is 0.0222. The molecule has 1 N–H and O–H groups in total. The molecule has 0 aliphatic heterocycles. The van der Waals surface area contributed by atoms with Gasteiger partial charge in [-0.1, -0.05) is 17.7 Å². The Morgan fingerprint density at radius 1 is 1.21 bits per heavy atom. The minimum atomic E-state index is -4.52. The summed E-state index contributed by atoms with van der Waals surface area (Å²) in [5, 5.41) is 2.13. The number of amides is 1. The van der Waals surface area contributed by atoms with Crippen molar-refractivity contribution < 1.29 is 27.5 Å². The molecule has 0 fully saturated rings. The number of nitrogens with zero attached hydrogens (tertiary/aromatic N) is 1. The number of rotatable bonds is 4. The Morgan fingerprint density at radius 3 is 2.62 bits per heavy atom. The van der Waals surface area contributed by atoms with Crippen LogP contribution < -0.4 is 5.32 Å². The van der Waals surface area contributed by atoms with Gasteiger partial charge in [0.2, 0.25) is 0 Å². The average molecular weight is 359 g/mol. The Kier molecular flexibility index (Phi) is 5.40. The molecule has 24 heavy (non-hydrogen) atoms. The lowest BCUT2D eigenvalue weighted by Gasteiger charge is -2.10. The lowest BCUT2D eigenvalue weighted by Crippen LogP contribution is -2.21. The quantitative estimate of drug-likeness (QED) is 0.670. The average Bonchev–Trinajstić information content (AvgIpc) is 2.52. The van der Waals surface area contributed by atoms with Crippen molar-refractivity contribution in [1.29, 1.82) is 0 Å². The third-order valence-corrected chi connectivity index (χ3v) is 3.09. The van der Waals surface area contributed by atoms with E-state index < -0.39 is 30.2 Å². The molecule has 1 heterocycles. The third-order valence-electron chi connectivity index (χ3n) is 2.79. The van der Waals surface area contributed by atoms with Crippen LogP contribution in [0, 0.1) is 0 Å². The maximum Gasteiger partial charge on any atom is 0.416 e. The first-order chi connectivity index (χ1) is 11.3. The number of hydrogen-bond acceptors (Lipinski definition) is 4. The number of halogens is 4. The molecular weight excluding hydrogens is 349 g/mol. The van der Waals surface area contributed by atoms with Crippen LogP contribution in [-0.4, -0.2) is 23.5 Å². The molecular formula is C15H10ClF3N2O3.